The molecule has 0 aromatic heterocycles. The maximum atomic E-state index is 12.7. The number of carboxylic acids is 1. The number of sulfonamides is 1. The summed E-state index contributed by atoms with van der Waals surface area (Å²) in [5, 5.41) is 9.21. The van der Waals surface area contributed by atoms with Crippen LogP contribution >= 0.6 is 15.9 Å². The quantitative estimate of drug-likeness (QED) is 0.896. The summed E-state index contributed by atoms with van der Waals surface area (Å²) in [7, 11) is -3.80. The number of rotatable bonds is 3. The number of piperidine rings is 1. The number of benzene rings is 1. The highest BCUT2D eigenvalue weighted by molar-refractivity contribution is 9.10. The lowest BCUT2D eigenvalue weighted by molar-refractivity contribution is -0.142. The van der Waals surface area contributed by atoms with Gasteiger partial charge in [0.15, 0.2) is 0 Å². The lowest BCUT2D eigenvalue weighted by atomic mass is 10.1. The van der Waals surface area contributed by atoms with E-state index >= 15 is 0 Å². The fraction of sp³-hybridized carbons (Fsp3) is 0.462. The molecule has 110 valence electrons. The van der Waals surface area contributed by atoms with E-state index in [-0.39, 0.29) is 11.4 Å². The molecule has 1 heterocycles. The van der Waals surface area contributed by atoms with Gasteiger partial charge in [0.05, 0.1) is 4.90 Å². The minimum atomic E-state index is -3.80. The van der Waals surface area contributed by atoms with Crippen molar-refractivity contribution in [2.75, 3.05) is 6.54 Å². The first kappa shape index (κ1) is 15.5. The van der Waals surface area contributed by atoms with Crippen molar-refractivity contribution in [3.8, 4) is 0 Å². The Labute approximate surface area is 126 Å². The highest BCUT2D eigenvalue weighted by atomic mass is 79.9. The molecule has 0 unspecified atom stereocenters. The van der Waals surface area contributed by atoms with Gasteiger partial charge < -0.3 is 5.11 Å². The van der Waals surface area contributed by atoms with E-state index in [1.54, 1.807) is 12.1 Å². The Morgan fingerprint density at radius 1 is 1.40 bits per heavy atom. The first-order valence-corrected chi connectivity index (χ1v) is 8.58. The molecule has 1 fully saturated rings. The third kappa shape index (κ3) is 2.89. The Morgan fingerprint density at radius 2 is 2.10 bits per heavy atom. The normalized spacial score (nSPS) is 20.8. The van der Waals surface area contributed by atoms with E-state index in [1.807, 2.05) is 6.92 Å². The molecule has 5 nitrogen and oxygen atoms in total. The van der Waals surface area contributed by atoms with Crippen molar-refractivity contribution in [1.82, 2.24) is 4.31 Å². The standard InChI is InChI=1S/C13H16BrNO4S/c1-9-5-6-12(10(14)8-9)20(18,19)15-7-3-2-4-11(15)13(16)17/h5-6,8,11H,2-4,7H2,1H3,(H,16,17)/t11-/m0/s1. The fourth-order valence-electron chi connectivity index (χ4n) is 2.38. The van der Waals surface area contributed by atoms with Crippen LogP contribution in [-0.4, -0.2) is 36.4 Å². The number of halogens is 1. The third-order valence-corrected chi connectivity index (χ3v) is 6.30. The molecule has 0 spiro atoms. The van der Waals surface area contributed by atoms with Gasteiger partial charge in [-0.2, -0.15) is 4.31 Å². The molecule has 0 amide bonds. The van der Waals surface area contributed by atoms with E-state index in [4.69, 9.17) is 0 Å². The molecular weight excluding hydrogens is 346 g/mol. The Balaban J connectivity index is 2.45. The maximum absolute atomic E-state index is 12.7. The largest absolute Gasteiger partial charge is 0.480 e. The van der Waals surface area contributed by atoms with Gasteiger partial charge in [0.25, 0.3) is 0 Å². The van der Waals surface area contributed by atoms with Gasteiger partial charge in [0.2, 0.25) is 10.0 Å². The van der Waals surface area contributed by atoms with Crippen LogP contribution in [0.1, 0.15) is 24.8 Å². The first-order chi connectivity index (χ1) is 9.34. The Kier molecular flexibility index (Phi) is 4.51. The van der Waals surface area contributed by atoms with Crippen molar-refractivity contribution in [3.05, 3.63) is 28.2 Å². The molecule has 1 aromatic carbocycles. The molecule has 0 aliphatic carbocycles. The van der Waals surface area contributed by atoms with Crippen LogP contribution in [0.3, 0.4) is 0 Å². The predicted molar refractivity (Wildman–Crippen MR) is 78.0 cm³/mol. The number of nitrogens with zero attached hydrogens (tertiary/aromatic N) is 1. The summed E-state index contributed by atoms with van der Waals surface area (Å²) in [6, 6.07) is 3.97. The van der Waals surface area contributed by atoms with Gasteiger partial charge in [0.1, 0.15) is 6.04 Å². The molecule has 20 heavy (non-hydrogen) atoms. The maximum Gasteiger partial charge on any atom is 0.322 e. The Hall–Kier alpha value is -0.920. The highest BCUT2D eigenvalue weighted by Crippen LogP contribution is 2.30. The third-order valence-electron chi connectivity index (χ3n) is 3.41. The van der Waals surface area contributed by atoms with E-state index in [9.17, 15) is 18.3 Å². The van der Waals surface area contributed by atoms with Crippen LogP contribution in [0.15, 0.2) is 27.6 Å². The monoisotopic (exact) mass is 361 g/mol. The van der Waals surface area contributed by atoms with Crippen LogP contribution in [0.5, 0.6) is 0 Å². The summed E-state index contributed by atoms with van der Waals surface area (Å²) in [6.07, 6.45) is 1.78. The first-order valence-electron chi connectivity index (χ1n) is 6.35. The molecule has 0 radical (unpaired) electrons. The molecule has 1 atom stereocenters. The van der Waals surface area contributed by atoms with Gasteiger partial charge in [-0.05, 0) is 59.8 Å². The van der Waals surface area contributed by atoms with Crippen LogP contribution in [-0.2, 0) is 14.8 Å². The van der Waals surface area contributed by atoms with Crippen molar-refractivity contribution >= 4 is 31.9 Å². The van der Waals surface area contributed by atoms with Gasteiger partial charge in [-0.3, -0.25) is 4.79 Å². The van der Waals surface area contributed by atoms with Gasteiger partial charge in [-0.15, -0.1) is 0 Å². The van der Waals surface area contributed by atoms with E-state index < -0.39 is 22.0 Å². The summed E-state index contributed by atoms with van der Waals surface area (Å²) in [5.74, 6) is -1.09. The molecular formula is C13H16BrNO4S. The van der Waals surface area contributed by atoms with Crippen LogP contribution in [0.2, 0.25) is 0 Å². The summed E-state index contributed by atoms with van der Waals surface area (Å²) in [4.78, 5) is 11.4. The van der Waals surface area contributed by atoms with E-state index in [0.717, 1.165) is 16.3 Å². The molecule has 2 rings (SSSR count). The van der Waals surface area contributed by atoms with Gasteiger partial charge in [-0.1, -0.05) is 6.07 Å². The van der Waals surface area contributed by atoms with E-state index in [1.165, 1.54) is 6.07 Å². The molecule has 0 saturated carbocycles. The van der Waals surface area contributed by atoms with Crippen molar-refractivity contribution in [2.45, 2.75) is 37.1 Å². The summed E-state index contributed by atoms with van der Waals surface area (Å²) in [6.45, 7) is 2.11. The van der Waals surface area contributed by atoms with Gasteiger partial charge in [0, 0.05) is 11.0 Å². The zero-order chi connectivity index (χ0) is 14.9. The Bertz CT molecular complexity index is 629. The minimum absolute atomic E-state index is 0.122. The molecule has 1 N–H and O–H groups in total. The summed E-state index contributed by atoms with van der Waals surface area (Å²) < 4.78 is 26.9. The fourth-order valence-corrected chi connectivity index (χ4v) is 5.19. The topological polar surface area (TPSA) is 74.7 Å². The second-order valence-electron chi connectivity index (χ2n) is 4.90. The molecule has 1 saturated heterocycles. The van der Waals surface area contributed by atoms with Crippen molar-refractivity contribution in [2.24, 2.45) is 0 Å². The van der Waals surface area contributed by atoms with Crippen molar-refractivity contribution in [3.63, 3.8) is 0 Å². The zero-order valence-corrected chi connectivity index (χ0v) is 13.4. The SMILES string of the molecule is Cc1ccc(S(=O)(=O)N2CCCC[C@H]2C(=O)O)c(Br)c1. The lowest BCUT2D eigenvalue weighted by Gasteiger charge is -2.32. The number of carboxylic acid groups (broad SMARTS) is 1. The number of hydrogen-bond acceptors (Lipinski definition) is 3. The van der Waals surface area contributed by atoms with E-state index in [0.29, 0.717) is 17.3 Å². The summed E-state index contributed by atoms with van der Waals surface area (Å²) >= 11 is 3.25. The number of carbonyl (C=O) groups is 1. The van der Waals surface area contributed by atoms with Crippen LogP contribution in [0.4, 0.5) is 0 Å². The van der Waals surface area contributed by atoms with E-state index in [2.05, 4.69) is 15.9 Å². The van der Waals surface area contributed by atoms with Crippen molar-refractivity contribution < 1.29 is 18.3 Å². The zero-order valence-electron chi connectivity index (χ0n) is 11.0. The Morgan fingerprint density at radius 3 is 2.70 bits per heavy atom. The van der Waals surface area contributed by atoms with Crippen LogP contribution < -0.4 is 0 Å². The molecule has 0 bridgehead atoms. The van der Waals surface area contributed by atoms with Crippen LogP contribution in [0, 0.1) is 6.92 Å². The second kappa shape index (κ2) is 5.83. The van der Waals surface area contributed by atoms with Gasteiger partial charge >= 0.3 is 5.97 Å². The number of aliphatic carboxylic acids is 1. The average Bonchev–Trinajstić information content (AvgIpc) is 2.38. The average molecular weight is 362 g/mol. The molecule has 1 aliphatic heterocycles. The smallest absolute Gasteiger partial charge is 0.322 e. The highest BCUT2D eigenvalue weighted by Gasteiger charge is 2.38. The van der Waals surface area contributed by atoms with Crippen molar-refractivity contribution in [1.29, 1.82) is 0 Å². The molecule has 1 aliphatic rings. The minimum Gasteiger partial charge on any atom is -0.480 e. The predicted octanol–water partition coefficient (Wildman–Crippen LogP) is 2.39. The summed E-state index contributed by atoms with van der Waals surface area (Å²) in [5.41, 5.74) is 0.934. The number of aryl methyl sites for hydroxylation is 1. The van der Waals surface area contributed by atoms with Crippen LogP contribution in [0.25, 0.3) is 0 Å². The second-order valence-corrected chi connectivity index (χ2v) is 7.61. The van der Waals surface area contributed by atoms with Gasteiger partial charge in [-0.25, -0.2) is 8.42 Å². The molecule has 1 aromatic rings. The number of hydrogen-bond donors (Lipinski definition) is 1. The molecule has 7 heteroatoms. The lowest BCUT2D eigenvalue weighted by Crippen LogP contribution is -2.47.